The monoisotopic (exact) mass is 330 g/mol. The number of hydrogen-bond acceptors (Lipinski definition) is 4. The molecule has 24 heavy (non-hydrogen) atoms. The van der Waals surface area contributed by atoms with Crippen molar-refractivity contribution in [2.24, 2.45) is 5.73 Å². The van der Waals surface area contributed by atoms with Gasteiger partial charge in [-0.1, -0.05) is 30.3 Å². The predicted molar refractivity (Wildman–Crippen MR) is 87.8 cm³/mol. The summed E-state index contributed by atoms with van der Waals surface area (Å²) in [5.41, 5.74) is 5.45. The van der Waals surface area contributed by atoms with Gasteiger partial charge in [-0.15, -0.1) is 0 Å². The molecule has 0 bridgehead atoms. The van der Waals surface area contributed by atoms with Crippen LogP contribution in [0.1, 0.15) is 31.9 Å². The molecule has 4 amide bonds. The van der Waals surface area contributed by atoms with Crippen molar-refractivity contribution in [1.29, 1.82) is 0 Å². The maximum absolute atomic E-state index is 12.8. The number of imide groups is 1. The Bertz CT molecular complexity index is 676. The fourth-order valence-electron chi connectivity index (χ4n) is 3.64. The first-order chi connectivity index (χ1) is 11.4. The quantitative estimate of drug-likeness (QED) is 0.791. The van der Waals surface area contributed by atoms with Gasteiger partial charge in [-0.25, -0.2) is 4.79 Å². The van der Waals surface area contributed by atoms with Gasteiger partial charge in [0.25, 0.3) is 5.91 Å². The Kier molecular flexibility index (Phi) is 4.04. The maximum Gasteiger partial charge on any atom is 0.325 e. The average Bonchev–Trinajstić information content (AvgIpc) is 3.02. The number of amides is 4. The Morgan fingerprint density at radius 3 is 2.46 bits per heavy atom. The number of hydrogen-bond donors (Lipinski definition) is 2. The number of nitrogens with zero attached hydrogens (tertiary/aromatic N) is 2. The highest BCUT2D eigenvalue weighted by Gasteiger charge is 2.56. The van der Waals surface area contributed by atoms with E-state index in [2.05, 4.69) is 5.32 Å². The van der Waals surface area contributed by atoms with Crippen LogP contribution in [0.25, 0.3) is 0 Å². The highest BCUT2D eigenvalue weighted by molar-refractivity contribution is 6.07. The van der Waals surface area contributed by atoms with E-state index in [9.17, 15) is 14.4 Å². The van der Waals surface area contributed by atoms with Gasteiger partial charge in [-0.05, 0) is 25.8 Å². The summed E-state index contributed by atoms with van der Waals surface area (Å²) in [5.74, 6) is -0.683. The molecular weight excluding hydrogens is 308 g/mol. The summed E-state index contributed by atoms with van der Waals surface area (Å²) in [6.07, 6.45) is 0.470. The van der Waals surface area contributed by atoms with Crippen LogP contribution in [0.3, 0.4) is 0 Å². The van der Waals surface area contributed by atoms with Crippen LogP contribution in [0.4, 0.5) is 4.79 Å². The zero-order chi connectivity index (χ0) is 17.5. The highest BCUT2D eigenvalue weighted by Crippen LogP contribution is 2.34. The number of nitrogens with two attached hydrogens (primary N) is 1. The zero-order valence-electron chi connectivity index (χ0n) is 13.9. The summed E-state index contributed by atoms with van der Waals surface area (Å²) in [6.45, 7) is 4.41. The summed E-state index contributed by atoms with van der Waals surface area (Å²) in [7, 11) is 0. The minimum atomic E-state index is -0.955. The Balaban J connectivity index is 1.86. The molecule has 0 aromatic heterocycles. The number of urea groups is 1. The van der Waals surface area contributed by atoms with Crippen molar-refractivity contribution in [1.82, 2.24) is 15.1 Å². The van der Waals surface area contributed by atoms with Gasteiger partial charge >= 0.3 is 6.03 Å². The van der Waals surface area contributed by atoms with Crippen molar-refractivity contribution in [2.45, 2.75) is 37.9 Å². The molecule has 2 aliphatic rings. The van der Waals surface area contributed by atoms with E-state index in [1.165, 1.54) is 4.90 Å². The van der Waals surface area contributed by atoms with Gasteiger partial charge in [-0.3, -0.25) is 19.4 Å². The molecule has 2 fully saturated rings. The molecule has 0 saturated carbocycles. The minimum absolute atomic E-state index is 0.202. The topological polar surface area (TPSA) is 95.7 Å². The number of benzene rings is 1. The molecule has 7 heteroatoms. The summed E-state index contributed by atoms with van der Waals surface area (Å²) < 4.78 is 0. The van der Waals surface area contributed by atoms with E-state index in [1.54, 1.807) is 13.8 Å². The summed E-state index contributed by atoms with van der Waals surface area (Å²) >= 11 is 0. The Morgan fingerprint density at radius 1 is 1.25 bits per heavy atom. The average molecular weight is 330 g/mol. The molecule has 2 atom stereocenters. The van der Waals surface area contributed by atoms with Crippen molar-refractivity contribution in [3.8, 4) is 0 Å². The number of primary amides is 1. The van der Waals surface area contributed by atoms with E-state index >= 15 is 0 Å². The van der Waals surface area contributed by atoms with Crippen molar-refractivity contribution in [3.63, 3.8) is 0 Å². The molecule has 128 valence electrons. The zero-order valence-corrected chi connectivity index (χ0v) is 13.9. The second-order valence-electron chi connectivity index (χ2n) is 6.72. The SMILES string of the molecule is CC(C)N1C(=O)N[C@]2(CCN([C@@H](C(N)=O)c3ccccc3)C2)C1=O. The first-order valence-electron chi connectivity index (χ1n) is 8.10. The van der Waals surface area contributed by atoms with Crippen LogP contribution in [0, 0.1) is 0 Å². The molecule has 7 nitrogen and oxygen atoms in total. The van der Waals surface area contributed by atoms with Crippen LogP contribution in [0.2, 0.25) is 0 Å². The molecule has 1 aromatic carbocycles. The van der Waals surface area contributed by atoms with Crippen LogP contribution in [0.15, 0.2) is 30.3 Å². The lowest BCUT2D eigenvalue weighted by Gasteiger charge is -2.27. The second-order valence-corrected chi connectivity index (χ2v) is 6.72. The van der Waals surface area contributed by atoms with E-state index < -0.39 is 17.5 Å². The number of likely N-dealkylation sites (tertiary alicyclic amines) is 1. The smallest absolute Gasteiger partial charge is 0.325 e. The van der Waals surface area contributed by atoms with Crippen LogP contribution < -0.4 is 11.1 Å². The van der Waals surface area contributed by atoms with E-state index in [0.717, 1.165) is 5.56 Å². The molecule has 0 radical (unpaired) electrons. The Morgan fingerprint density at radius 2 is 1.92 bits per heavy atom. The molecule has 1 aromatic rings. The van der Waals surface area contributed by atoms with Gasteiger partial charge in [0.1, 0.15) is 11.6 Å². The Hall–Kier alpha value is -2.41. The molecule has 2 heterocycles. The van der Waals surface area contributed by atoms with Crippen molar-refractivity contribution in [3.05, 3.63) is 35.9 Å². The fraction of sp³-hybridized carbons (Fsp3) is 0.471. The molecule has 2 saturated heterocycles. The fourth-order valence-corrected chi connectivity index (χ4v) is 3.64. The third-order valence-electron chi connectivity index (χ3n) is 4.76. The first kappa shape index (κ1) is 16.4. The number of nitrogens with one attached hydrogen (secondary N) is 1. The van der Waals surface area contributed by atoms with Gasteiger partial charge in [0.05, 0.1) is 0 Å². The van der Waals surface area contributed by atoms with E-state index in [-0.39, 0.29) is 24.5 Å². The second kappa shape index (κ2) is 5.90. The number of carbonyl (C=O) groups is 3. The Labute approximate surface area is 140 Å². The number of carbonyl (C=O) groups excluding carboxylic acids is 3. The number of rotatable bonds is 4. The van der Waals surface area contributed by atoms with Gasteiger partial charge in [0.15, 0.2) is 0 Å². The van der Waals surface area contributed by atoms with Gasteiger partial charge in [0, 0.05) is 19.1 Å². The third-order valence-corrected chi connectivity index (χ3v) is 4.76. The normalized spacial score (nSPS) is 25.5. The minimum Gasteiger partial charge on any atom is -0.368 e. The van der Waals surface area contributed by atoms with E-state index in [4.69, 9.17) is 5.73 Å². The van der Waals surface area contributed by atoms with Gasteiger partial charge in [-0.2, -0.15) is 0 Å². The van der Waals surface area contributed by atoms with Crippen LogP contribution in [-0.4, -0.2) is 52.3 Å². The lowest BCUT2D eigenvalue weighted by atomic mass is 9.98. The molecular formula is C17H22N4O3. The first-order valence-corrected chi connectivity index (χ1v) is 8.10. The predicted octanol–water partition coefficient (Wildman–Crippen LogP) is 0.618. The van der Waals surface area contributed by atoms with Crippen LogP contribution in [0.5, 0.6) is 0 Å². The molecule has 2 aliphatic heterocycles. The van der Waals surface area contributed by atoms with E-state index in [0.29, 0.717) is 13.0 Å². The molecule has 0 aliphatic carbocycles. The third kappa shape index (κ3) is 2.54. The lowest BCUT2D eigenvalue weighted by Crippen LogP contribution is -2.50. The highest BCUT2D eigenvalue weighted by atomic mass is 16.2. The van der Waals surface area contributed by atoms with Crippen molar-refractivity contribution < 1.29 is 14.4 Å². The van der Waals surface area contributed by atoms with Crippen LogP contribution in [-0.2, 0) is 9.59 Å². The summed E-state index contributed by atoms with van der Waals surface area (Å²) in [5, 5.41) is 2.83. The molecule has 1 spiro atoms. The van der Waals surface area contributed by atoms with Gasteiger partial charge in [0.2, 0.25) is 5.91 Å². The molecule has 3 rings (SSSR count). The van der Waals surface area contributed by atoms with Crippen molar-refractivity contribution in [2.75, 3.05) is 13.1 Å². The standard InChI is InChI=1S/C17H22N4O3/c1-11(2)21-15(23)17(19-16(21)24)8-9-20(10-17)13(14(18)22)12-6-4-3-5-7-12/h3-7,11,13H,8-10H2,1-2H3,(H2,18,22)(H,19,24)/t13-,17+/m1/s1. The molecule has 0 unspecified atom stereocenters. The van der Waals surface area contributed by atoms with Gasteiger partial charge < -0.3 is 11.1 Å². The maximum atomic E-state index is 12.8. The summed E-state index contributed by atoms with van der Waals surface area (Å²) in [4.78, 5) is 40.0. The van der Waals surface area contributed by atoms with Crippen LogP contribution >= 0.6 is 0 Å². The largest absolute Gasteiger partial charge is 0.368 e. The summed E-state index contributed by atoms with van der Waals surface area (Å²) in [6, 6.07) is 8.07. The lowest BCUT2D eigenvalue weighted by molar-refractivity contribution is -0.132. The van der Waals surface area contributed by atoms with E-state index in [1.807, 2.05) is 35.2 Å². The molecule has 3 N–H and O–H groups in total. The van der Waals surface area contributed by atoms with Crippen molar-refractivity contribution >= 4 is 17.8 Å².